The van der Waals surface area contributed by atoms with Crippen molar-refractivity contribution in [2.75, 3.05) is 23.7 Å². The van der Waals surface area contributed by atoms with Gasteiger partial charge in [-0.3, -0.25) is 0 Å². The molecule has 0 aromatic carbocycles. The van der Waals surface area contributed by atoms with E-state index in [-0.39, 0.29) is 5.41 Å². The minimum Gasteiger partial charge on any atom is -0.369 e. The van der Waals surface area contributed by atoms with Gasteiger partial charge in [0.15, 0.2) is 0 Å². The standard InChI is InChI=1S/C13H25N5/c1-10(5-6-14)18-12-7-11(16-9-17-12)15-8-13(2,3)4/h7,9-10H,5-6,8,14H2,1-4H3,(H2,15,16,17,18). The van der Waals surface area contributed by atoms with E-state index in [1.165, 1.54) is 0 Å². The van der Waals surface area contributed by atoms with Gasteiger partial charge in [-0.25, -0.2) is 9.97 Å². The maximum absolute atomic E-state index is 5.52. The largest absolute Gasteiger partial charge is 0.369 e. The molecule has 0 fully saturated rings. The van der Waals surface area contributed by atoms with Crippen LogP contribution in [0.15, 0.2) is 12.4 Å². The smallest absolute Gasteiger partial charge is 0.131 e. The van der Waals surface area contributed by atoms with Crippen LogP contribution in [0.25, 0.3) is 0 Å². The Bertz CT molecular complexity index is 359. The predicted octanol–water partition coefficient (Wildman–Crippen LogP) is 2.08. The molecular formula is C13H25N5. The van der Waals surface area contributed by atoms with E-state index in [0.717, 1.165) is 24.6 Å². The Hall–Kier alpha value is -1.36. The summed E-state index contributed by atoms with van der Waals surface area (Å²) in [6.45, 7) is 10.2. The van der Waals surface area contributed by atoms with Gasteiger partial charge in [-0.2, -0.15) is 0 Å². The molecule has 1 heterocycles. The molecule has 0 saturated heterocycles. The highest BCUT2D eigenvalue weighted by molar-refractivity contribution is 5.46. The summed E-state index contributed by atoms with van der Waals surface area (Å²) in [6, 6.07) is 2.25. The van der Waals surface area contributed by atoms with Crippen molar-refractivity contribution in [1.29, 1.82) is 0 Å². The lowest BCUT2D eigenvalue weighted by Gasteiger charge is -2.19. The van der Waals surface area contributed by atoms with Gasteiger partial charge in [0.05, 0.1) is 0 Å². The summed E-state index contributed by atoms with van der Waals surface area (Å²) >= 11 is 0. The Morgan fingerprint density at radius 2 is 1.94 bits per heavy atom. The third-order valence-corrected chi connectivity index (χ3v) is 2.46. The highest BCUT2D eigenvalue weighted by atomic mass is 15.1. The number of aromatic nitrogens is 2. The van der Waals surface area contributed by atoms with Crippen LogP contribution in [0.3, 0.4) is 0 Å². The number of hydrogen-bond donors (Lipinski definition) is 3. The lowest BCUT2D eigenvalue weighted by molar-refractivity contribution is 0.442. The first-order valence-corrected chi connectivity index (χ1v) is 6.43. The van der Waals surface area contributed by atoms with E-state index in [1.807, 2.05) is 6.07 Å². The Balaban J connectivity index is 2.56. The summed E-state index contributed by atoms with van der Waals surface area (Å²) in [6.07, 6.45) is 2.50. The van der Waals surface area contributed by atoms with Crippen molar-refractivity contribution in [3.8, 4) is 0 Å². The number of nitrogens with two attached hydrogens (primary N) is 1. The van der Waals surface area contributed by atoms with Gasteiger partial charge in [-0.05, 0) is 25.3 Å². The summed E-state index contributed by atoms with van der Waals surface area (Å²) in [5.74, 6) is 1.68. The second kappa shape index (κ2) is 6.54. The number of anilines is 2. The summed E-state index contributed by atoms with van der Waals surface area (Å²) in [7, 11) is 0. The minimum atomic E-state index is 0.228. The SMILES string of the molecule is CC(CCN)Nc1cc(NCC(C)(C)C)ncn1. The van der Waals surface area contributed by atoms with E-state index in [0.29, 0.717) is 12.6 Å². The lowest BCUT2D eigenvalue weighted by Crippen LogP contribution is -2.21. The second-order valence-electron chi connectivity index (χ2n) is 5.83. The van der Waals surface area contributed by atoms with Crippen LogP contribution in [0.1, 0.15) is 34.1 Å². The molecule has 4 N–H and O–H groups in total. The van der Waals surface area contributed by atoms with E-state index in [2.05, 4.69) is 48.3 Å². The molecule has 0 radical (unpaired) electrons. The molecule has 1 atom stereocenters. The van der Waals surface area contributed by atoms with E-state index >= 15 is 0 Å². The molecule has 5 heteroatoms. The Morgan fingerprint density at radius 1 is 1.28 bits per heavy atom. The van der Waals surface area contributed by atoms with Crippen molar-refractivity contribution < 1.29 is 0 Å². The molecule has 1 aromatic rings. The minimum absolute atomic E-state index is 0.228. The van der Waals surface area contributed by atoms with Crippen LogP contribution in [0.4, 0.5) is 11.6 Å². The molecule has 0 aliphatic carbocycles. The van der Waals surface area contributed by atoms with Crippen molar-refractivity contribution >= 4 is 11.6 Å². The molecule has 0 saturated carbocycles. The monoisotopic (exact) mass is 251 g/mol. The first-order chi connectivity index (χ1) is 8.40. The predicted molar refractivity (Wildman–Crippen MR) is 76.7 cm³/mol. The molecule has 0 bridgehead atoms. The van der Waals surface area contributed by atoms with Crippen molar-refractivity contribution in [2.24, 2.45) is 11.1 Å². The van der Waals surface area contributed by atoms with Gasteiger partial charge >= 0.3 is 0 Å². The average molecular weight is 251 g/mol. The fourth-order valence-electron chi connectivity index (χ4n) is 1.46. The van der Waals surface area contributed by atoms with E-state index in [4.69, 9.17) is 5.73 Å². The fourth-order valence-corrected chi connectivity index (χ4v) is 1.46. The van der Waals surface area contributed by atoms with Crippen LogP contribution in [0.5, 0.6) is 0 Å². The van der Waals surface area contributed by atoms with E-state index < -0.39 is 0 Å². The Labute approximate surface area is 110 Å². The molecule has 18 heavy (non-hydrogen) atoms. The van der Waals surface area contributed by atoms with Gasteiger partial charge < -0.3 is 16.4 Å². The zero-order chi connectivity index (χ0) is 13.6. The number of hydrogen-bond acceptors (Lipinski definition) is 5. The van der Waals surface area contributed by atoms with Crippen molar-refractivity contribution in [2.45, 2.75) is 40.2 Å². The molecule has 0 aliphatic rings. The van der Waals surface area contributed by atoms with Gasteiger partial charge in [0, 0.05) is 18.7 Å². The summed E-state index contributed by atoms with van der Waals surface area (Å²) in [4.78, 5) is 8.41. The fraction of sp³-hybridized carbons (Fsp3) is 0.692. The maximum atomic E-state index is 5.52. The quantitative estimate of drug-likeness (QED) is 0.721. The van der Waals surface area contributed by atoms with Gasteiger partial charge in [0.25, 0.3) is 0 Å². The number of nitrogens with zero attached hydrogens (tertiary/aromatic N) is 2. The van der Waals surface area contributed by atoms with E-state index in [1.54, 1.807) is 6.33 Å². The zero-order valence-electron chi connectivity index (χ0n) is 11.8. The summed E-state index contributed by atoms with van der Waals surface area (Å²) < 4.78 is 0. The van der Waals surface area contributed by atoms with Gasteiger partial charge in [0.2, 0.25) is 0 Å². The molecule has 1 aromatic heterocycles. The summed E-state index contributed by atoms with van der Waals surface area (Å²) in [5.41, 5.74) is 5.75. The normalized spacial score (nSPS) is 13.2. The average Bonchev–Trinajstić information content (AvgIpc) is 2.26. The summed E-state index contributed by atoms with van der Waals surface area (Å²) in [5, 5.41) is 6.62. The molecule has 1 unspecified atom stereocenters. The van der Waals surface area contributed by atoms with Gasteiger partial charge in [-0.1, -0.05) is 20.8 Å². The van der Waals surface area contributed by atoms with Crippen LogP contribution >= 0.6 is 0 Å². The zero-order valence-corrected chi connectivity index (χ0v) is 11.8. The molecule has 5 nitrogen and oxygen atoms in total. The number of rotatable bonds is 6. The van der Waals surface area contributed by atoms with E-state index in [9.17, 15) is 0 Å². The molecule has 0 spiro atoms. The first kappa shape index (κ1) is 14.7. The molecule has 102 valence electrons. The topological polar surface area (TPSA) is 75.9 Å². The third kappa shape index (κ3) is 5.82. The van der Waals surface area contributed by atoms with Crippen LogP contribution in [-0.2, 0) is 0 Å². The lowest BCUT2D eigenvalue weighted by atomic mass is 9.97. The number of nitrogens with one attached hydrogen (secondary N) is 2. The van der Waals surface area contributed by atoms with Crippen molar-refractivity contribution in [1.82, 2.24) is 9.97 Å². The van der Waals surface area contributed by atoms with Gasteiger partial charge in [0.1, 0.15) is 18.0 Å². The van der Waals surface area contributed by atoms with Crippen molar-refractivity contribution in [3.05, 3.63) is 12.4 Å². The highest BCUT2D eigenvalue weighted by Crippen LogP contribution is 2.15. The Morgan fingerprint density at radius 3 is 2.56 bits per heavy atom. The van der Waals surface area contributed by atoms with Crippen LogP contribution < -0.4 is 16.4 Å². The highest BCUT2D eigenvalue weighted by Gasteiger charge is 2.10. The second-order valence-corrected chi connectivity index (χ2v) is 5.83. The first-order valence-electron chi connectivity index (χ1n) is 6.43. The molecule has 0 amide bonds. The molecule has 0 aliphatic heterocycles. The Kier molecular flexibility index (Phi) is 5.34. The van der Waals surface area contributed by atoms with Crippen LogP contribution in [0, 0.1) is 5.41 Å². The van der Waals surface area contributed by atoms with Crippen LogP contribution in [0.2, 0.25) is 0 Å². The van der Waals surface area contributed by atoms with Gasteiger partial charge in [-0.15, -0.1) is 0 Å². The van der Waals surface area contributed by atoms with Crippen molar-refractivity contribution in [3.63, 3.8) is 0 Å². The maximum Gasteiger partial charge on any atom is 0.131 e. The third-order valence-electron chi connectivity index (χ3n) is 2.46. The molecular weight excluding hydrogens is 226 g/mol. The van der Waals surface area contributed by atoms with Crippen LogP contribution in [-0.4, -0.2) is 29.1 Å². The molecule has 1 rings (SSSR count).